The number of nitrogens with zero attached hydrogens (tertiary/aromatic N) is 1. The average molecular weight is 263 g/mol. The van der Waals surface area contributed by atoms with E-state index in [1.807, 2.05) is 6.92 Å². The lowest BCUT2D eigenvalue weighted by molar-refractivity contribution is -0.384. The van der Waals surface area contributed by atoms with Gasteiger partial charge in [-0.15, -0.1) is 0 Å². The van der Waals surface area contributed by atoms with Gasteiger partial charge >= 0.3 is 0 Å². The number of nitro benzene ring substituents is 1. The fourth-order valence-corrected chi connectivity index (χ4v) is 2.29. The number of anilines is 1. The topological polar surface area (TPSA) is 84.3 Å². The van der Waals surface area contributed by atoms with E-state index < -0.39 is 4.92 Å². The second kappa shape index (κ2) is 5.36. The highest BCUT2D eigenvalue weighted by Crippen LogP contribution is 2.23. The van der Waals surface area contributed by atoms with Crippen molar-refractivity contribution in [2.75, 3.05) is 18.4 Å². The van der Waals surface area contributed by atoms with Crippen LogP contribution in [0.4, 0.5) is 11.4 Å². The van der Waals surface area contributed by atoms with Crippen LogP contribution >= 0.6 is 0 Å². The number of benzene rings is 1. The fraction of sp³-hybridized carbons (Fsp3) is 0.462. The molecule has 1 fully saturated rings. The number of carbonyl (C=O) groups is 1. The maximum atomic E-state index is 12.1. The van der Waals surface area contributed by atoms with Crippen molar-refractivity contribution in [2.45, 2.75) is 13.8 Å². The molecule has 1 heterocycles. The number of carbonyl (C=O) groups excluding carboxylic acids is 1. The highest BCUT2D eigenvalue weighted by atomic mass is 16.6. The summed E-state index contributed by atoms with van der Waals surface area (Å²) in [6.45, 7) is 5.31. The van der Waals surface area contributed by atoms with Gasteiger partial charge in [0.2, 0.25) is 5.91 Å². The smallest absolute Gasteiger partial charge is 0.269 e. The molecule has 0 aliphatic carbocycles. The van der Waals surface area contributed by atoms with E-state index in [1.54, 1.807) is 13.0 Å². The molecule has 1 aromatic carbocycles. The Kier molecular flexibility index (Phi) is 3.80. The largest absolute Gasteiger partial charge is 0.326 e. The van der Waals surface area contributed by atoms with Crippen LogP contribution in [0.15, 0.2) is 18.2 Å². The van der Waals surface area contributed by atoms with Gasteiger partial charge in [-0.05, 0) is 31.0 Å². The number of rotatable bonds is 3. The van der Waals surface area contributed by atoms with Crippen LogP contribution in [0.25, 0.3) is 0 Å². The maximum Gasteiger partial charge on any atom is 0.269 e. The van der Waals surface area contributed by atoms with Gasteiger partial charge in [-0.1, -0.05) is 6.92 Å². The summed E-state index contributed by atoms with van der Waals surface area (Å²) in [5, 5.41) is 16.7. The molecule has 1 aliphatic rings. The molecule has 0 unspecified atom stereocenters. The van der Waals surface area contributed by atoms with Gasteiger partial charge in [0.1, 0.15) is 0 Å². The van der Waals surface area contributed by atoms with Gasteiger partial charge in [0.05, 0.1) is 10.8 Å². The first kappa shape index (κ1) is 13.5. The zero-order chi connectivity index (χ0) is 14.0. The summed E-state index contributed by atoms with van der Waals surface area (Å²) in [4.78, 5) is 22.3. The van der Waals surface area contributed by atoms with Crippen LogP contribution < -0.4 is 10.6 Å². The lowest BCUT2D eigenvalue weighted by Gasteiger charge is -2.15. The number of aryl methyl sites for hydroxylation is 1. The van der Waals surface area contributed by atoms with Crippen LogP contribution in [-0.2, 0) is 4.79 Å². The average Bonchev–Trinajstić information content (AvgIpc) is 2.77. The van der Waals surface area contributed by atoms with E-state index in [1.165, 1.54) is 12.1 Å². The Balaban J connectivity index is 2.11. The van der Waals surface area contributed by atoms with Gasteiger partial charge in [0.15, 0.2) is 0 Å². The van der Waals surface area contributed by atoms with E-state index in [4.69, 9.17) is 0 Å². The van der Waals surface area contributed by atoms with Crippen molar-refractivity contribution in [3.63, 3.8) is 0 Å². The second-order valence-electron chi connectivity index (χ2n) is 4.99. The number of hydrogen-bond acceptors (Lipinski definition) is 4. The highest BCUT2D eigenvalue weighted by molar-refractivity contribution is 5.94. The summed E-state index contributed by atoms with van der Waals surface area (Å²) in [6, 6.07) is 4.45. The summed E-state index contributed by atoms with van der Waals surface area (Å²) in [7, 11) is 0. The van der Waals surface area contributed by atoms with Crippen molar-refractivity contribution >= 4 is 17.3 Å². The molecular weight excluding hydrogens is 246 g/mol. The van der Waals surface area contributed by atoms with E-state index in [-0.39, 0.29) is 17.5 Å². The fourth-order valence-electron chi connectivity index (χ4n) is 2.29. The van der Waals surface area contributed by atoms with E-state index in [2.05, 4.69) is 10.6 Å². The Morgan fingerprint density at radius 3 is 2.74 bits per heavy atom. The van der Waals surface area contributed by atoms with Crippen LogP contribution in [-0.4, -0.2) is 23.9 Å². The molecule has 0 bridgehead atoms. The van der Waals surface area contributed by atoms with Gasteiger partial charge in [-0.3, -0.25) is 14.9 Å². The molecule has 0 spiro atoms. The maximum absolute atomic E-state index is 12.1. The first-order chi connectivity index (χ1) is 8.99. The summed E-state index contributed by atoms with van der Waals surface area (Å²) < 4.78 is 0. The molecule has 1 saturated heterocycles. The zero-order valence-corrected chi connectivity index (χ0v) is 11.0. The molecule has 6 nitrogen and oxygen atoms in total. The first-order valence-electron chi connectivity index (χ1n) is 6.25. The van der Waals surface area contributed by atoms with E-state index in [9.17, 15) is 14.9 Å². The minimum atomic E-state index is -0.443. The number of nitro groups is 1. The molecule has 1 amide bonds. The van der Waals surface area contributed by atoms with Gasteiger partial charge in [-0.2, -0.15) is 0 Å². The minimum Gasteiger partial charge on any atom is -0.326 e. The predicted molar refractivity (Wildman–Crippen MR) is 72.0 cm³/mol. The Bertz CT molecular complexity index is 516. The number of amides is 1. The number of non-ortho nitro benzene ring substituents is 1. The van der Waals surface area contributed by atoms with Gasteiger partial charge in [-0.25, -0.2) is 0 Å². The SMILES string of the molecule is Cc1cc([N+](=O)[O-])ccc1NC(=O)[C@@H]1CNC[C@H]1C. The lowest BCUT2D eigenvalue weighted by atomic mass is 9.97. The van der Waals surface area contributed by atoms with E-state index in [0.717, 1.165) is 6.54 Å². The van der Waals surface area contributed by atoms with Crippen LogP contribution in [0, 0.1) is 28.9 Å². The third kappa shape index (κ3) is 2.90. The van der Waals surface area contributed by atoms with Crippen molar-refractivity contribution in [2.24, 2.45) is 11.8 Å². The Hall–Kier alpha value is -1.95. The molecule has 102 valence electrons. The van der Waals surface area contributed by atoms with Crippen LogP contribution in [0.1, 0.15) is 12.5 Å². The summed E-state index contributed by atoms with van der Waals surface area (Å²) >= 11 is 0. The normalized spacial score (nSPS) is 22.2. The number of nitrogens with one attached hydrogen (secondary N) is 2. The van der Waals surface area contributed by atoms with Crippen LogP contribution in [0.3, 0.4) is 0 Å². The Morgan fingerprint density at radius 2 is 2.21 bits per heavy atom. The minimum absolute atomic E-state index is 0.0329. The molecule has 0 aromatic heterocycles. The van der Waals surface area contributed by atoms with Gasteiger partial charge in [0, 0.05) is 24.4 Å². The summed E-state index contributed by atoms with van der Waals surface area (Å²) in [5.74, 6) is 0.224. The van der Waals surface area contributed by atoms with Gasteiger partial charge in [0.25, 0.3) is 5.69 Å². The van der Waals surface area contributed by atoms with Crippen molar-refractivity contribution in [1.82, 2.24) is 5.32 Å². The van der Waals surface area contributed by atoms with Gasteiger partial charge < -0.3 is 10.6 Å². The molecular formula is C13H17N3O3. The monoisotopic (exact) mass is 263 g/mol. The molecule has 0 radical (unpaired) electrons. The zero-order valence-electron chi connectivity index (χ0n) is 11.0. The molecule has 6 heteroatoms. The Morgan fingerprint density at radius 1 is 1.47 bits per heavy atom. The third-order valence-corrected chi connectivity index (χ3v) is 3.53. The van der Waals surface area contributed by atoms with Crippen LogP contribution in [0.2, 0.25) is 0 Å². The first-order valence-corrected chi connectivity index (χ1v) is 6.25. The Labute approximate surface area is 111 Å². The van der Waals surface area contributed by atoms with E-state index >= 15 is 0 Å². The standard InChI is InChI=1S/C13H17N3O3/c1-8-5-10(16(18)19)3-4-12(8)15-13(17)11-7-14-6-9(11)2/h3-5,9,11,14H,6-7H2,1-2H3,(H,15,17)/t9-,11-/m1/s1. The molecule has 2 N–H and O–H groups in total. The lowest BCUT2D eigenvalue weighted by Crippen LogP contribution is -2.28. The van der Waals surface area contributed by atoms with Crippen molar-refractivity contribution in [3.8, 4) is 0 Å². The number of hydrogen-bond donors (Lipinski definition) is 2. The molecule has 2 rings (SSSR count). The molecule has 19 heavy (non-hydrogen) atoms. The molecule has 2 atom stereocenters. The van der Waals surface area contributed by atoms with Crippen molar-refractivity contribution in [3.05, 3.63) is 33.9 Å². The molecule has 1 aromatic rings. The highest BCUT2D eigenvalue weighted by Gasteiger charge is 2.29. The quantitative estimate of drug-likeness (QED) is 0.642. The van der Waals surface area contributed by atoms with Crippen molar-refractivity contribution in [1.29, 1.82) is 0 Å². The van der Waals surface area contributed by atoms with E-state index in [0.29, 0.717) is 23.7 Å². The van der Waals surface area contributed by atoms with Crippen molar-refractivity contribution < 1.29 is 9.72 Å². The second-order valence-corrected chi connectivity index (χ2v) is 4.99. The third-order valence-electron chi connectivity index (χ3n) is 3.53. The molecule has 0 saturated carbocycles. The summed E-state index contributed by atoms with van der Waals surface area (Å²) in [5.41, 5.74) is 1.36. The van der Waals surface area contributed by atoms with Crippen LogP contribution in [0.5, 0.6) is 0 Å². The summed E-state index contributed by atoms with van der Waals surface area (Å²) in [6.07, 6.45) is 0. The predicted octanol–water partition coefficient (Wildman–Crippen LogP) is 1.70. The molecule has 1 aliphatic heterocycles.